The van der Waals surface area contributed by atoms with Crippen LogP contribution in [0.3, 0.4) is 0 Å². The van der Waals surface area contributed by atoms with Gasteiger partial charge < -0.3 is 10.1 Å². The minimum absolute atomic E-state index is 0.133. The van der Waals surface area contributed by atoms with Gasteiger partial charge in [0, 0.05) is 16.4 Å². The molecule has 1 atom stereocenters. The molecule has 1 aliphatic heterocycles. The van der Waals surface area contributed by atoms with Crippen LogP contribution in [0, 0.1) is 0 Å². The van der Waals surface area contributed by atoms with Crippen LogP contribution in [-0.2, 0) is 31.0 Å². The molecule has 38 heavy (non-hydrogen) atoms. The van der Waals surface area contributed by atoms with Gasteiger partial charge in [0.25, 0.3) is 15.9 Å². The average Bonchev–Trinajstić information content (AvgIpc) is 2.82. The lowest BCUT2D eigenvalue weighted by Gasteiger charge is -2.34. The lowest BCUT2D eigenvalue weighted by molar-refractivity contribution is -0.137. The summed E-state index contributed by atoms with van der Waals surface area (Å²) in [4.78, 5) is 12.6. The minimum Gasteiger partial charge on any atom is -0.476 e. The Kier molecular flexibility index (Phi) is 7.25. The van der Waals surface area contributed by atoms with Crippen molar-refractivity contribution in [1.29, 1.82) is 0 Å². The first-order valence-electron chi connectivity index (χ1n) is 10.7. The Morgan fingerprint density at radius 2 is 1.68 bits per heavy atom. The van der Waals surface area contributed by atoms with E-state index in [2.05, 4.69) is 10.0 Å². The smallest absolute Gasteiger partial charge is 0.416 e. The SMILES string of the molecule is CS(=O)(=O)N1C[C@H](C(=O)Nc2ccc(S(=O)(=O)Nc3cccc(C(F)(F)F)c3)cc2)Oc2ccc(Cl)cc21. The largest absolute Gasteiger partial charge is 0.476 e. The second kappa shape index (κ2) is 10.0. The number of benzene rings is 3. The zero-order valence-corrected chi connectivity index (χ0v) is 21.7. The number of rotatable bonds is 6. The summed E-state index contributed by atoms with van der Waals surface area (Å²) < 4.78 is 97.4. The summed E-state index contributed by atoms with van der Waals surface area (Å²) in [6, 6.07) is 12.9. The molecule has 0 spiro atoms. The van der Waals surface area contributed by atoms with Crippen LogP contribution in [0.5, 0.6) is 5.75 Å². The zero-order valence-electron chi connectivity index (χ0n) is 19.4. The van der Waals surface area contributed by atoms with E-state index >= 15 is 0 Å². The number of carbonyl (C=O) groups excluding carboxylic acids is 1. The normalized spacial score (nSPS) is 15.8. The summed E-state index contributed by atoms with van der Waals surface area (Å²) in [5.74, 6) is -0.565. The number of ether oxygens (including phenoxy) is 1. The van der Waals surface area contributed by atoms with Gasteiger partial charge in [-0.15, -0.1) is 0 Å². The molecule has 0 bridgehead atoms. The van der Waals surface area contributed by atoms with Crippen LogP contribution < -0.4 is 19.1 Å². The molecular weight excluding hydrogens is 571 g/mol. The summed E-state index contributed by atoms with van der Waals surface area (Å²) in [6.45, 7) is -0.328. The molecule has 0 aliphatic carbocycles. The summed E-state index contributed by atoms with van der Waals surface area (Å²) in [5, 5.41) is 2.81. The second-order valence-corrected chi connectivity index (χ2v) is 12.2. The van der Waals surface area contributed by atoms with Gasteiger partial charge in [0.15, 0.2) is 6.10 Å². The van der Waals surface area contributed by atoms with Crippen LogP contribution >= 0.6 is 11.6 Å². The van der Waals surface area contributed by atoms with Crippen molar-refractivity contribution in [3.63, 3.8) is 0 Å². The van der Waals surface area contributed by atoms with Gasteiger partial charge in [0.05, 0.1) is 28.9 Å². The Morgan fingerprint density at radius 1 is 1.00 bits per heavy atom. The lowest BCUT2D eigenvalue weighted by Crippen LogP contribution is -2.48. The van der Waals surface area contributed by atoms with Crippen molar-refractivity contribution in [3.8, 4) is 5.75 Å². The van der Waals surface area contributed by atoms with Gasteiger partial charge >= 0.3 is 6.18 Å². The molecule has 3 aromatic carbocycles. The maximum Gasteiger partial charge on any atom is 0.416 e. The molecule has 9 nitrogen and oxygen atoms in total. The number of sulfonamides is 2. The van der Waals surface area contributed by atoms with Gasteiger partial charge in [-0.1, -0.05) is 17.7 Å². The quantitative estimate of drug-likeness (QED) is 0.441. The van der Waals surface area contributed by atoms with Crippen molar-refractivity contribution in [2.45, 2.75) is 17.2 Å². The summed E-state index contributed by atoms with van der Waals surface area (Å²) in [6.07, 6.45) is -4.90. The number of hydrogen-bond donors (Lipinski definition) is 2. The van der Waals surface area contributed by atoms with Crippen molar-refractivity contribution in [3.05, 3.63) is 77.3 Å². The van der Waals surface area contributed by atoms with Crippen molar-refractivity contribution < 1.29 is 39.5 Å². The predicted molar refractivity (Wildman–Crippen MR) is 135 cm³/mol. The summed E-state index contributed by atoms with van der Waals surface area (Å²) in [7, 11) is -8.02. The van der Waals surface area contributed by atoms with Crippen LogP contribution in [0.1, 0.15) is 5.56 Å². The molecule has 1 aliphatic rings. The highest BCUT2D eigenvalue weighted by atomic mass is 35.5. The third kappa shape index (κ3) is 6.14. The molecule has 2 N–H and O–H groups in total. The summed E-state index contributed by atoms with van der Waals surface area (Å²) in [5.41, 5.74) is -0.930. The molecule has 0 radical (unpaired) electrons. The molecule has 4 rings (SSSR count). The fraction of sp³-hybridized carbons (Fsp3) is 0.174. The number of carbonyl (C=O) groups is 1. The molecule has 3 aromatic rings. The highest BCUT2D eigenvalue weighted by Crippen LogP contribution is 2.37. The van der Waals surface area contributed by atoms with Crippen LogP contribution in [0.2, 0.25) is 5.02 Å². The second-order valence-electron chi connectivity index (χ2n) is 8.21. The van der Waals surface area contributed by atoms with Gasteiger partial charge in [-0.3, -0.25) is 13.8 Å². The number of halogens is 4. The first-order chi connectivity index (χ1) is 17.6. The third-order valence-electron chi connectivity index (χ3n) is 5.36. The van der Waals surface area contributed by atoms with E-state index in [9.17, 15) is 34.8 Å². The number of amides is 1. The van der Waals surface area contributed by atoms with E-state index in [1.54, 1.807) is 0 Å². The molecule has 0 aromatic heterocycles. The lowest BCUT2D eigenvalue weighted by atomic mass is 10.2. The van der Waals surface area contributed by atoms with Crippen LogP contribution in [0.4, 0.5) is 30.2 Å². The Balaban J connectivity index is 1.48. The van der Waals surface area contributed by atoms with E-state index in [4.69, 9.17) is 16.3 Å². The van der Waals surface area contributed by atoms with Crippen molar-refractivity contribution >= 4 is 54.6 Å². The number of hydrogen-bond acceptors (Lipinski definition) is 6. The highest BCUT2D eigenvalue weighted by Gasteiger charge is 2.35. The van der Waals surface area contributed by atoms with Crippen LogP contribution in [0.25, 0.3) is 0 Å². The molecule has 0 fully saturated rings. The Morgan fingerprint density at radius 3 is 2.32 bits per heavy atom. The Hall–Kier alpha value is -3.49. The fourth-order valence-corrected chi connectivity index (χ4v) is 5.71. The highest BCUT2D eigenvalue weighted by molar-refractivity contribution is 7.92. The molecular formula is C23H19ClF3N3O6S2. The average molecular weight is 590 g/mol. The first kappa shape index (κ1) is 27.5. The van der Waals surface area contributed by atoms with E-state index in [0.717, 1.165) is 34.8 Å². The van der Waals surface area contributed by atoms with Gasteiger partial charge in [0.2, 0.25) is 10.0 Å². The van der Waals surface area contributed by atoms with Crippen LogP contribution in [-0.4, -0.2) is 41.6 Å². The monoisotopic (exact) mass is 589 g/mol. The molecule has 0 saturated carbocycles. The van der Waals surface area contributed by atoms with Crippen molar-refractivity contribution in [2.24, 2.45) is 0 Å². The number of anilines is 3. The number of fused-ring (bicyclic) bond motifs is 1. The predicted octanol–water partition coefficient (Wildman–Crippen LogP) is 4.33. The van der Waals surface area contributed by atoms with Crippen molar-refractivity contribution in [1.82, 2.24) is 0 Å². The zero-order chi connectivity index (χ0) is 27.9. The fourth-order valence-electron chi connectivity index (χ4n) is 3.59. The standard InChI is InChI=1S/C23H19ClF3N3O6S2/c1-37(32,33)30-13-21(36-20-10-5-15(24)12-19(20)30)22(31)28-16-6-8-18(9-7-16)38(34,35)29-17-4-2-3-14(11-17)23(25,26)27/h2-12,21,29H,13H2,1H3,(H,28,31)/t21-/m1/s1. The topological polar surface area (TPSA) is 122 Å². The number of alkyl halides is 3. The number of nitrogens with one attached hydrogen (secondary N) is 2. The van der Waals surface area contributed by atoms with Crippen LogP contribution in [0.15, 0.2) is 71.6 Å². The van der Waals surface area contributed by atoms with E-state index < -0.39 is 43.8 Å². The minimum atomic E-state index is -4.64. The maximum atomic E-state index is 12.9. The molecule has 202 valence electrons. The third-order valence-corrected chi connectivity index (χ3v) is 8.14. The molecule has 0 unspecified atom stereocenters. The van der Waals surface area contributed by atoms with E-state index in [0.29, 0.717) is 6.07 Å². The number of nitrogens with zero attached hydrogens (tertiary/aromatic N) is 1. The molecule has 1 heterocycles. The van der Waals surface area contributed by atoms with E-state index in [1.165, 1.54) is 36.4 Å². The Bertz CT molecular complexity index is 1600. The van der Waals surface area contributed by atoms with E-state index in [-0.39, 0.29) is 39.3 Å². The molecule has 15 heteroatoms. The Labute approximate surface area is 221 Å². The maximum absolute atomic E-state index is 12.9. The van der Waals surface area contributed by atoms with Gasteiger partial charge in [0.1, 0.15) is 5.75 Å². The van der Waals surface area contributed by atoms with E-state index in [1.807, 2.05) is 0 Å². The first-order valence-corrected chi connectivity index (χ1v) is 14.4. The summed E-state index contributed by atoms with van der Waals surface area (Å²) >= 11 is 5.96. The van der Waals surface area contributed by atoms with Gasteiger partial charge in [-0.25, -0.2) is 16.8 Å². The van der Waals surface area contributed by atoms with Crippen molar-refractivity contribution in [2.75, 3.05) is 27.1 Å². The molecule has 0 saturated heterocycles. The molecule has 1 amide bonds. The van der Waals surface area contributed by atoms with Gasteiger partial charge in [-0.05, 0) is 60.7 Å². The van der Waals surface area contributed by atoms with Gasteiger partial charge in [-0.2, -0.15) is 13.2 Å².